The van der Waals surface area contributed by atoms with Gasteiger partial charge in [-0.25, -0.2) is 0 Å². The summed E-state index contributed by atoms with van der Waals surface area (Å²) in [6, 6.07) is 0.866. The normalized spacial score (nSPS) is 29.7. The van der Waals surface area contributed by atoms with Gasteiger partial charge in [-0.3, -0.25) is 9.69 Å². The van der Waals surface area contributed by atoms with Crippen LogP contribution >= 0.6 is 0 Å². The van der Waals surface area contributed by atoms with E-state index in [1.165, 1.54) is 25.7 Å². The average Bonchev–Trinajstić information content (AvgIpc) is 2.77. The van der Waals surface area contributed by atoms with Gasteiger partial charge in [0.05, 0.1) is 6.54 Å². The number of hydrogen-bond acceptors (Lipinski definition) is 3. The van der Waals surface area contributed by atoms with Gasteiger partial charge in [0.15, 0.2) is 0 Å². The maximum Gasteiger partial charge on any atom is 0.234 e. The van der Waals surface area contributed by atoms with Gasteiger partial charge in [0, 0.05) is 12.1 Å². The molecule has 4 heteroatoms. The molecule has 0 saturated carbocycles. The fourth-order valence-electron chi connectivity index (χ4n) is 3.34. The fourth-order valence-corrected chi connectivity index (χ4v) is 3.34. The van der Waals surface area contributed by atoms with Gasteiger partial charge in [0.2, 0.25) is 5.91 Å². The Bertz CT molecular complexity index is 274. The monoisotopic (exact) mass is 253 g/mol. The molecule has 4 nitrogen and oxygen atoms in total. The van der Waals surface area contributed by atoms with E-state index in [1.54, 1.807) is 0 Å². The van der Waals surface area contributed by atoms with E-state index in [-0.39, 0.29) is 11.9 Å². The molecule has 2 rings (SSSR count). The first-order valence-corrected chi connectivity index (χ1v) is 7.41. The van der Waals surface area contributed by atoms with Crippen molar-refractivity contribution in [2.75, 3.05) is 26.2 Å². The highest BCUT2D eigenvalue weighted by molar-refractivity contribution is 5.78. The highest BCUT2D eigenvalue weighted by Gasteiger charge is 2.33. The highest BCUT2D eigenvalue weighted by Crippen LogP contribution is 2.27. The largest absolute Gasteiger partial charge is 0.353 e. The van der Waals surface area contributed by atoms with Gasteiger partial charge in [0.25, 0.3) is 0 Å². The minimum absolute atomic E-state index is 0.181. The second-order valence-electron chi connectivity index (χ2n) is 6.01. The van der Waals surface area contributed by atoms with Crippen LogP contribution in [0.25, 0.3) is 0 Å². The third-order valence-electron chi connectivity index (χ3n) is 4.09. The molecule has 2 fully saturated rings. The Balaban J connectivity index is 1.84. The summed E-state index contributed by atoms with van der Waals surface area (Å²) in [4.78, 5) is 14.3. The number of amides is 1. The predicted octanol–water partition coefficient (Wildman–Crippen LogP) is 0.975. The van der Waals surface area contributed by atoms with Crippen molar-refractivity contribution in [2.45, 2.75) is 51.6 Å². The van der Waals surface area contributed by atoms with E-state index in [4.69, 9.17) is 0 Å². The summed E-state index contributed by atoms with van der Waals surface area (Å²) in [5, 5.41) is 6.49. The third kappa shape index (κ3) is 3.69. The van der Waals surface area contributed by atoms with Gasteiger partial charge in [-0.05, 0) is 65.1 Å². The maximum absolute atomic E-state index is 11.9. The Morgan fingerprint density at radius 2 is 2.22 bits per heavy atom. The SMILES string of the molecule is CC(C)NC(=O)CN1CCCC1C1CCCNC1. The number of nitrogens with zero attached hydrogens (tertiary/aromatic N) is 1. The molecule has 0 spiro atoms. The maximum atomic E-state index is 11.9. The molecule has 2 aliphatic rings. The number of likely N-dealkylation sites (tertiary alicyclic amines) is 1. The molecule has 0 aliphatic carbocycles. The van der Waals surface area contributed by atoms with E-state index < -0.39 is 0 Å². The van der Waals surface area contributed by atoms with Crippen molar-refractivity contribution in [2.24, 2.45) is 5.92 Å². The molecular weight excluding hydrogens is 226 g/mol. The summed E-state index contributed by atoms with van der Waals surface area (Å²) in [5.74, 6) is 0.925. The molecule has 0 aromatic rings. The van der Waals surface area contributed by atoms with Crippen LogP contribution in [0.1, 0.15) is 39.5 Å². The van der Waals surface area contributed by atoms with E-state index in [1.807, 2.05) is 13.8 Å². The molecule has 2 N–H and O–H groups in total. The molecule has 18 heavy (non-hydrogen) atoms. The summed E-state index contributed by atoms with van der Waals surface area (Å²) in [7, 11) is 0. The minimum Gasteiger partial charge on any atom is -0.353 e. The molecule has 2 atom stereocenters. The second-order valence-corrected chi connectivity index (χ2v) is 6.01. The zero-order valence-corrected chi connectivity index (χ0v) is 11.7. The van der Waals surface area contributed by atoms with E-state index >= 15 is 0 Å². The second kappa shape index (κ2) is 6.53. The highest BCUT2D eigenvalue weighted by atomic mass is 16.2. The van der Waals surface area contributed by atoms with Gasteiger partial charge in [0.1, 0.15) is 0 Å². The lowest BCUT2D eigenvalue weighted by Gasteiger charge is -2.34. The van der Waals surface area contributed by atoms with Gasteiger partial charge < -0.3 is 10.6 Å². The van der Waals surface area contributed by atoms with Gasteiger partial charge in [-0.1, -0.05) is 0 Å². The third-order valence-corrected chi connectivity index (χ3v) is 4.09. The van der Waals surface area contributed by atoms with Crippen LogP contribution in [-0.4, -0.2) is 49.1 Å². The number of carbonyl (C=O) groups is 1. The van der Waals surface area contributed by atoms with Gasteiger partial charge >= 0.3 is 0 Å². The van der Waals surface area contributed by atoms with Crippen molar-refractivity contribution in [3.8, 4) is 0 Å². The van der Waals surface area contributed by atoms with E-state index in [2.05, 4.69) is 15.5 Å². The molecule has 1 amide bonds. The van der Waals surface area contributed by atoms with Crippen LogP contribution in [0.3, 0.4) is 0 Å². The Labute approximate surface area is 110 Å². The molecule has 2 aliphatic heterocycles. The van der Waals surface area contributed by atoms with E-state index in [0.717, 1.165) is 25.6 Å². The lowest BCUT2D eigenvalue weighted by molar-refractivity contribution is -0.123. The number of hydrogen-bond donors (Lipinski definition) is 2. The van der Waals surface area contributed by atoms with Crippen LogP contribution in [0.4, 0.5) is 0 Å². The van der Waals surface area contributed by atoms with Gasteiger partial charge in [-0.2, -0.15) is 0 Å². The first-order valence-electron chi connectivity index (χ1n) is 7.41. The van der Waals surface area contributed by atoms with Crippen molar-refractivity contribution < 1.29 is 4.79 Å². The molecule has 0 bridgehead atoms. The molecular formula is C14H27N3O. The van der Waals surface area contributed by atoms with Crippen LogP contribution in [-0.2, 0) is 4.79 Å². The summed E-state index contributed by atoms with van der Waals surface area (Å²) < 4.78 is 0. The topological polar surface area (TPSA) is 44.4 Å². The standard InChI is InChI=1S/C14H27N3O/c1-11(2)16-14(18)10-17-8-4-6-13(17)12-5-3-7-15-9-12/h11-13,15H,3-10H2,1-2H3,(H,16,18). The van der Waals surface area contributed by atoms with E-state index in [9.17, 15) is 4.79 Å². The van der Waals surface area contributed by atoms with Crippen molar-refractivity contribution >= 4 is 5.91 Å². The van der Waals surface area contributed by atoms with Crippen molar-refractivity contribution in [3.05, 3.63) is 0 Å². The number of rotatable bonds is 4. The molecule has 2 heterocycles. The fraction of sp³-hybridized carbons (Fsp3) is 0.929. The molecule has 0 aromatic heterocycles. The zero-order valence-electron chi connectivity index (χ0n) is 11.7. The van der Waals surface area contributed by atoms with Crippen LogP contribution in [0, 0.1) is 5.92 Å². The first-order chi connectivity index (χ1) is 8.66. The molecule has 0 radical (unpaired) electrons. The first kappa shape index (κ1) is 13.8. The predicted molar refractivity (Wildman–Crippen MR) is 73.5 cm³/mol. The lowest BCUT2D eigenvalue weighted by Crippen LogP contribution is -2.47. The van der Waals surface area contributed by atoms with Crippen LogP contribution in [0.15, 0.2) is 0 Å². The summed E-state index contributed by atoms with van der Waals surface area (Å²) >= 11 is 0. The summed E-state index contributed by atoms with van der Waals surface area (Å²) in [6.07, 6.45) is 5.12. The number of carbonyl (C=O) groups excluding carboxylic acids is 1. The Kier molecular flexibility index (Phi) is 5.01. The molecule has 104 valence electrons. The van der Waals surface area contributed by atoms with Gasteiger partial charge in [-0.15, -0.1) is 0 Å². The van der Waals surface area contributed by atoms with Crippen LogP contribution < -0.4 is 10.6 Å². The lowest BCUT2D eigenvalue weighted by atomic mass is 9.90. The number of piperidine rings is 1. The van der Waals surface area contributed by atoms with Crippen molar-refractivity contribution in [1.29, 1.82) is 0 Å². The molecule has 2 unspecified atom stereocenters. The van der Waals surface area contributed by atoms with Crippen LogP contribution in [0.2, 0.25) is 0 Å². The van der Waals surface area contributed by atoms with Crippen molar-refractivity contribution in [1.82, 2.24) is 15.5 Å². The summed E-state index contributed by atoms with van der Waals surface area (Å²) in [6.45, 7) is 8.00. The zero-order chi connectivity index (χ0) is 13.0. The average molecular weight is 253 g/mol. The van der Waals surface area contributed by atoms with E-state index in [0.29, 0.717) is 12.6 Å². The number of nitrogens with one attached hydrogen (secondary N) is 2. The summed E-state index contributed by atoms with van der Waals surface area (Å²) in [5.41, 5.74) is 0. The Morgan fingerprint density at radius 3 is 2.89 bits per heavy atom. The Morgan fingerprint density at radius 1 is 1.39 bits per heavy atom. The Hall–Kier alpha value is -0.610. The minimum atomic E-state index is 0.181. The molecule has 2 saturated heterocycles. The quantitative estimate of drug-likeness (QED) is 0.785. The van der Waals surface area contributed by atoms with Crippen molar-refractivity contribution in [3.63, 3.8) is 0 Å². The smallest absolute Gasteiger partial charge is 0.234 e. The molecule has 0 aromatic carbocycles. The van der Waals surface area contributed by atoms with Crippen LogP contribution in [0.5, 0.6) is 0 Å².